The highest BCUT2D eigenvalue weighted by Gasteiger charge is 2.26. The molecule has 0 radical (unpaired) electrons. The molecular formula is C21H31ClN4O3. The number of benzene rings is 1. The van der Waals surface area contributed by atoms with Gasteiger partial charge in [0.25, 0.3) is 5.91 Å². The highest BCUT2D eigenvalue weighted by molar-refractivity contribution is 6.33. The van der Waals surface area contributed by atoms with Gasteiger partial charge >= 0.3 is 0 Å². The Hall–Kier alpha value is -2.12. The summed E-state index contributed by atoms with van der Waals surface area (Å²) in [5.74, 6) is -0.366. The summed E-state index contributed by atoms with van der Waals surface area (Å²) in [6.45, 7) is 9.99. The average molecular weight is 423 g/mol. The molecule has 1 unspecified atom stereocenters. The number of halogens is 1. The summed E-state index contributed by atoms with van der Waals surface area (Å²) in [4.78, 5) is 43.2. The number of carbonyl (C=O) groups is 3. The van der Waals surface area contributed by atoms with E-state index in [0.29, 0.717) is 49.9 Å². The zero-order chi connectivity index (χ0) is 21.4. The molecule has 1 aromatic rings. The second-order valence-corrected chi connectivity index (χ2v) is 7.60. The maximum absolute atomic E-state index is 12.8. The first-order valence-corrected chi connectivity index (χ1v) is 10.6. The van der Waals surface area contributed by atoms with Crippen LogP contribution in [0.25, 0.3) is 0 Å². The van der Waals surface area contributed by atoms with Crippen LogP contribution < -0.4 is 5.32 Å². The SMILES string of the molecule is CCN(CC)C(=O)CN1CCCN(C(=O)C(C)NC(=O)c2ccccc2Cl)CC1. The monoisotopic (exact) mass is 422 g/mol. The summed E-state index contributed by atoms with van der Waals surface area (Å²) in [7, 11) is 0. The van der Waals surface area contributed by atoms with Crippen molar-refractivity contribution in [3.05, 3.63) is 34.9 Å². The van der Waals surface area contributed by atoms with Crippen molar-refractivity contribution in [3.63, 3.8) is 0 Å². The van der Waals surface area contributed by atoms with Gasteiger partial charge in [-0.1, -0.05) is 23.7 Å². The molecule has 1 saturated heterocycles. The van der Waals surface area contributed by atoms with Crippen molar-refractivity contribution in [3.8, 4) is 0 Å². The number of likely N-dealkylation sites (N-methyl/N-ethyl adjacent to an activating group) is 1. The van der Waals surface area contributed by atoms with Crippen molar-refractivity contribution in [1.29, 1.82) is 0 Å². The molecule has 1 heterocycles. The van der Waals surface area contributed by atoms with E-state index in [1.165, 1.54) is 0 Å². The van der Waals surface area contributed by atoms with E-state index in [1.54, 1.807) is 36.1 Å². The molecule has 1 aromatic carbocycles. The molecule has 1 aliphatic rings. The lowest BCUT2D eigenvalue weighted by molar-refractivity contribution is -0.132. The van der Waals surface area contributed by atoms with E-state index in [2.05, 4.69) is 10.2 Å². The van der Waals surface area contributed by atoms with Gasteiger partial charge < -0.3 is 15.1 Å². The van der Waals surface area contributed by atoms with Crippen LogP contribution >= 0.6 is 11.6 Å². The van der Waals surface area contributed by atoms with E-state index in [1.807, 2.05) is 18.7 Å². The first-order valence-electron chi connectivity index (χ1n) is 10.2. The number of carbonyl (C=O) groups excluding carboxylic acids is 3. The van der Waals surface area contributed by atoms with Crippen LogP contribution in [0.3, 0.4) is 0 Å². The van der Waals surface area contributed by atoms with Gasteiger partial charge in [0.15, 0.2) is 0 Å². The lowest BCUT2D eigenvalue weighted by Gasteiger charge is -2.26. The number of hydrogen-bond acceptors (Lipinski definition) is 4. The Kier molecular flexibility index (Phi) is 8.92. The van der Waals surface area contributed by atoms with Gasteiger partial charge in [-0.05, 0) is 39.3 Å². The maximum atomic E-state index is 12.8. The molecule has 160 valence electrons. The number of nitrogens with one attached hydrogen (secondary N) is 1. The predicted octanol–water partition coefficient (Wildman–Crippen LogP) is 1.86. The lowest BCUT2D eigenvalue weighted by atomic mass is 10.2. The summed E-state index contributed by atoms with van der Waals surface area (Å²) >= 11 is 6.06. The maximum Gasteiger partial charge on any atom is 0.253 e. The first kappa shape index (κ1) is 23.2. The molecule has 8 heteroatoms. The molecule has 0 aromatic heterocycles. The highest BCUT2D eigenvalue weighted by Crippen LogP contribution is 2.15. The van der Waals surface area contributed by atoms with Crippen LogP contribution in [-0.4, -0.2) is 84.3 Å². The van der Waals surface area contributed by atoms with Gasteiger partial charge in [-0.3, -0.25) is 19.3 Å². The molecule has 0 bridgehead atoms. The second kappa shape index (κ2) is 11.2. The zero-order valence-corrected chi connectivity index (χ0v) is 18.2. The van der Waals surface area contributed by atoms with Crippen LogP contribution in [0.4, 0.5) is 0 Å². The number of rotatable bonds is 7. The standard InChI is InChI=1S/C21H31ClN4O3/c1-4-25(5-2)19(27)15-24-11-8-12-26(14-13-24)21(29)16(3)23-20(28)17-9-6-7-10-18(17)22/h6-7,9-10,16H,4-5,8,11-15H2,1-3H3,(H,23,28). The Morgan fingerprint density at radius 1 is 1.10 bits per heavy atom. The topological polar surface area (TPSA) is 73.0 Å². The molecule has 1 atom stereocenters. The van der Waals surface area contributed by atoms with E-state index in [0.717, 1.165) is 13.0 Å². The number of amides is 3. The molecule has 1 aliphatic heterocycles. The van der Waals surface area contributed by atoms with Crippen molar-refractivity contribution in [2.75, 3.05) is 45.8 Å². The van der Waals surface area contributed by atoms with Gasteiger partial charge in [-0.15, -0.1) is 0 Å². The van der Waals surface area contributed by atoms with Crippen LogP contribution in [0.2, 0.25) is 5.02 Å². The minimum atomic E-state index is -0.650. The molecule has 0 spiro atoms. The molecule has 2 rings (SSSR count). The molecule has 1 N–H and O–H groups in total. The van der Waals surface area contributed by atoms with Crippen molar-refractivity contribution < 1.29 is 14.4 Å². The second-order valence-electron chi connectivity index (χ2n) is 7.20. The van der Waals surface area contributed by atoms with E-state index in [-0.39, 0.29) is 17.7 Å². The Morgan fingerprint density at radius 3 is 2.45 bits per heavy atom. The summed E-state index contributed by atoms with van der Waals surface area (Å²) in [6.07, 6.45) is 0.794. The average Bonchev–Trinajstić information content (AvgIpc) is 2.94. The van der Waals surface area contributed by atoms with Gasteiger partial charge in [0.1, 0.15) is 6.04 Å². The van der Waals surface area contributed by atoms with Gasteiger partial charge in [-0.25, -0.2) is 0 Å². The van der Waals surface area contributed by atoms with E-state index in [4.69, 9.17) is 11.6 Å². The van der Waals surface area contributed by atoms with Gasteiger partial charge in [-0.2, -0.15) is 0 Å². The fourth-order valence-corrected chi connectivity index (χ4v) is 3.69. The molecule has 0 saturated carbocycles. The first-order chi connectivity index (χ1) is 13.9. The third kappa shape index (κ3) is 6.44. The van der Waals surface area contributed by atoms with Crippen LogP contribution in [0.15, 0.2) is 24.3 Å². The predicted molar refractivity (Wildman–Crippen MR) is 114 cm³/mol. The Labute approximate surface area is 178 Å². The van der Waals surface area contributed by atoms with Gasteiger partial charge in [0, 0.05) is 39.3 Å². The third-order valence-corrected chi connectivity index (χ3v) is 5.54. The molecular weight excluding hydrogens is 392 g/mol. The van der Waals surface area contributed by atoms with Crippen LogP contribution in [-0.2, 0) is 9.59 Å². The third-order valence-electron chi connectivity index (χ3n) is 5.21. The molecule has 3 amide bonds. The van der Waals surface area contributed by atoms with Crippen molar-refractivity contribution in [2.45, 2.75) is 33.2 Å². The van der Waals surface area contributed by atoms with Crippen molar-refractivity contribution in [2.24, 2.45) is 0 Å². The van der Waals surface area contributed by atoms with E-state index < -0.39 is 6.04 Å². The minimum Gasteiger partial charge on any atom is -0.342 e. The van der Waals surface area contributed by atoms with E-state index in [9.17, 15) is 14.4 Å². The number of nitrogens with zero attached hydrogens (tertiary/aromatic N) is 3. The summed E-state index contributed by atoms with van der Waals surface area (Å²) in [5, 5.41) is 3.09. The fraction of sp³-hybridized carbons (Fsp3) is 0.571. The normalized spacial score (nSPS) is 16.1. The van der Waals surface area contributed by atoms with Crippen LogP contribution in [0, 0.1) is 0 Å². The Bertz CT molecular complexity index is 724. The smallest absolute Gasteiger partial charge is 0.253 e. The fourth-order valence-electron chi connectivity index (χ4n) is 3.47. The molecule has 7 nitrogen and oxygen atoms in total. The quantitative estimate of drug-likeness (QED) is 0.728. The van der Waals surface area contributed by atoms with Gasteiger partial charge in [0.2, 0.25) is 11.8 Å². The Morgan fingerprint density at radius 2 is 1.79 bits per heavy atom. The Balaban J connectivity index is 1.89. The van der Waals surface area contributed by atoms with Gasteiger partial charge in [0.05, 0.1) is 17.1 Å². The van der Waals surface area contributed by atoms with Crippen LogP contribution in [0.1, 0.15) is 37.6 Å². The highest BCUT2D eigenvalue weighted by atomic mass is 35.5. The summed E-state index contributed by atoms with van der Waals surface area (Å²) in [5.41, 5.74) is 0.353. The number of hydrogen-bond donors (Lipinski definition) is 1. The molecule has 1 fully saturated rings. The lowest BCUT2D eigenvalue weighted by Crippen LogP contribution is -2.48. The van der Waals surface area contributed by atoms with Crippen LogP contribution in [0.5, 0.6) is 0 Å². The summed E-state index contributed by atoms with van der Waals surface area (Å²) in [6, 6.07) is 6.11. The zero-order valence-electron chi connectivity index (χ0n) is 17.5. The van der Waals surface area contributed by atoms with Crippen molar-refractivity contribution >= 4 is 29.3 Å². The largest absolute Gasteiger partial charge is 0.342 e. The van der Waals surface area contributed by atoms with E-state index >= 15 is 0 Å². The molecule has 29 heavy (non-hydrogen) atoms. The summed E-state index contributed by atoms with van der Waals surface area (Å²) < 4.78 is 0. The van der Waals surface area contributed by atoms with Crippen molar-refractivity contribution in [1.82, 2.24) is 20.0 Å². The minimum absolute atomic E-state index is 0.121. The molecule has 0 aliphatic carbocycles.